The third-order valence-electron chi connectivity index (χ3n) is 3.65. The van der Waals surface area contributed by atoms with Crippen LogP contribution in [-0.2, 0) is 11.8 Å². The predicted octanol–water partition coefficient (Wildman–Crippen LogP) is 4.91. The normalized spacial score (nSPS) is 12.0. The first-order valence-electron chi connectivity index (χ1n) is 7.82. The first-order valence-corrected chi connectivity index (χ1v) is 9.46. The van der Waals surface area contributed by atoms with Gasteiger partial charge in [0.25, 0.3) is 0 Å². The molecular weight excluding hydrogens is 391 g/mol. The maximum absolute atomic E-state index is 12.5. The lowest BCUT2D eigenvalue weighted by atomic mass is 10.2. The Kier molecular flexibility index (Phi) is 5.86. The summed E-state index contributed by atoms with van der Waals surface area (Å²) in [4.78, 5) is 12.5. The molecule has 1 atom stereocenters. The molecule has 5 nitrogen and oxygen atoms in total. The van der Waals surface area contributed by atoms with Crippen LogP contribution >= 0.6 is 35.0 Å². The molecule has 0 aliphatic carbocycles. The number of benzene rings is 2. The Morgan fingerprint density at radius 1 is 1.12 bits per heavy atom. The second kappa shape index (κ2) is 8.12. The first kappa shape index (κ1) is 18.8. The summed E-state index contributed by atoms with van der Waals surface area (Å²) in [5.41, 5.74) is 1.53. The lowest BCUT2D eigenvalue weighted by Gasteiger charge is -2.12. The van der Waals surface area contributed by atoms with Gasteiger partial charge in [-0.1, -0.05) is 65.3 Å². The minimum absolute atomic E-state index is 0.169. The summed E-state index contributed by atoms with van der Waals surface area (Å²) in [6.07, 6.45) is 0. The molecule has 0 bridgehead atoms. The number of rotatable bonds is 5. The third-order valence-corrected chi connectivity index (χ3v) is 5.22. The molecule has 0 radical (unpaired) electrons. The zero-order valence-electron chi connectivity index (χ0n) is 14.1. The molecule has 3 rings (SSSR count). The van der Waals surface area contributed by atoms with Crippen molar-refractivity contribution in [2.75, 3.05) is 5.32 Å². The number of carbonyl (C=O) groups excluding carboxylic acids is 1. The zero-order valence-corrected chi connectivity index (χ0v) is 16.4. The topological polar surface area (TPSA) is 59.8 Å². The molecule has 134 valence electrons. The smallest absolute Gasteiger partial charge is 0.237 e. The van der Waals surface area contributed by atoms with E-state index in [1.54, 1.807) is 18.2 Å². The molecule has 0 fully saturated rings. The standard InChI is InChI=1S/C18H16Cl2N4OS/c1-11(17(25)21-15-9-13(19)8-14(20)10-15)26-18-23-22-16(24(18)2)12-6-4-3-5-7-12/h3-11H,1-2H3,(H,21,25)/t11-/m1/s1. The molecule has 26 heavy (non-hydrogen) atoms. The lowest BCUT2D eigenvalue weighted by molar-refractivity contribution is -0.115. The van der Waals surface area contributed by atoms with E-state index in [1.807, 2.05) is 48.9 Å². The van der Waals surface area contributed by atoms with Crippen LogP contribution in [0.25, 0.3) is 11.4 Å². The van der Waals surface area contributed by atoms with E-state index in [9.17, 15) is 4.79 Å². The van der Waals surface area contributed by atoms with Crippen LogP contribution in [0.4, 0.5) is 5.69 Å². The lowest BCUT2D eigenvalue weighted by Crippen LogP contribution is -2.22. The van der Waals surface area contributed by atoms with Crippen molar-refractivity contribution in [3.63, 3.8) is 0 Å². The van der Waals surface area contributed by atoms with Gasteiger partial charge in [0.15, 0.2) is 11.0 Å². The van der Waals surface area contributed by atoms with Gasteiger partial charge in [0.05, 0.1) is 5.25 Å². The van der Waals surface area contributed by atoms with Gasteiger partial charge in [-0.3, -0.25) is 4.79 Å². The van der Waals surface area contributed by atoms with E-state index in [-0.39, 0.29) is 11.2 Å². The number of halogens is 2. The number of thioether (sulfide) groups is 1. The van der Waals surface area contributed by atoms with Crippen LogP contribution in [0.5, 0.6) is 0 Å². The molecular formula is C18H16Cl2N4OS. The van der Waals surface area contributed by atoms with Gasteiger partial charge in [-0.2, -0.15) is 0 Å². The Bertz CT molecular complexity index is 910. The van der Waals surface area contributed by atoms with Gasteiger partial charge >= 0.3 is 0 Å². The summed E-state index contributed by atoms with van der Waals surface area (Å²) < 4.78 is 1.88. The highest BCUT2D eigenvalue weighted by Crippen LogP contribution is 2.27. The van der Waals surface area contributed by atoms with Crippen molar-refractivity contribution in [1.29, 1.82) is 0 Å². The molecule has 0 aliphatic rings. The molecule has 3 aromatic rings. The summed E-state index contributed by atoms with van der Waals surface area (Å²) in [5, 5.41) is 12.5. The Labute approximate surface area is 165 Å². The van der Waals surface area contributed by atoms with Gasteiger partial charge in [-0.05, 0) is 25.1 Å². The van der Waals surface area contributed by atoms with Crippen molar-refractivity contribution >= 4 is 46.6 Å². The van der Waals surface area contributed by atoms with Crippen LogP contribution in [-0.4, -0.2) is 25.9 Å². The van der Waals surface area contributed by atoms with Gasteiger partial charge in [0.2, 0.25) is 5.91 Å². The zero-order chi connectivity index (χ0) is 18.7. The fourth-order valence-corrected chi connectivity index (χ4v) is 3.68. The molecule has 0 saturated carbocycles. The van der Waals surface area contributed by atoms with Crippen molar-refractivity contribution in [2.24, 2.45) is 7.05 Å². The van der Waals surface area contributed by atoms with E-state index in [1.165, 1.54) is 11.8 Å². The van der Waals surface area contributed by atoms with E-state index >= 15 is 0 Å². The number of nitrogens with one attached hydrogen (secondary N) is 1. The number of nitrogens with zero attached hydrogens (tertiary/aromatic N) is 3. The Morgan fingerprint density at radius 3 is 2.42 bits per heavy atom. The summed E-state index contributed by atoms with van der Waals surface area (Å²) in [5.74, 6) is 0.583. The van der Waals surface area contributed by atoms with Gasteiger partial charge in [-0.25, -0.2) is 0 Å². The van der Waals surface area contributed by atoms with Crippen LogP contribution < -0.4 is 5.32 Å². The van der Waals surface area contributed by atoms with Crippen molar-refractivity contribution in [3.05, 3.63) is 58.6 Å². The largest absolute Gasteiger partial charge is 0.325 e. The number of hydrogen-bond acceptors (Lipinski definition) is 4. The molecule has 0 saturated heterocycles. The number of carbonyl (C=O) groups is 1. The van der Waals surface area contributed by atoms with Crippen molar-refractivity contribution in [1.82, 2.24) is 14.8 Å². The maximum atomic E-state index is 12.5. The monoisotopic (exact) mass is 406 g/mol. The summed E-state index contributed by atoms with van der Waals surface area (Å²) in [6, 6.07) is 14.7. The fourth-order valence-electron chi connectivity index (χ4n) is 2.34. The minimum Gasteiger partial charge on any atom is -0.325 e. The van der Waals surface area contributed by atoms with Gasteiger partial charge < -0.3 is 9.88 Å². The highest BCUT2D eigenvalue weighted by molar-refractivity contribution is 8.00. The van der Waals surface area contributed by atoms with E-state index in [4.69, 9.17) is 23.2 Å². The second-order valence-corrected chi connectivity index (χ2v) is 7.82. The summed E-state index contributed by atoms with van der Waals surface area (Å²) in [7, 11) is 1.88. The van der Waals surface area contributed by atoms with E-state index < -0.39 is 0 Å². The first-order chi connectivity index (χ1) is 12.4. The van der Waals surface area contributed by atoms with Crippen molar-refractivity contribution in [2.45, 2.75) is 17.3 Å². The van der Waals surface area contributed by atoms with Crippen molar-refractivity contribution < 1.29 is 4.79 Å². The molecule has 8 heteroatoms. The molecule has 0 unspecified atom stereocenters. The minimum atomic E-state index is -0.376. The number of amides is 1. The Morgan fingerprint density at radius 2 is 1.77 bits per heavy atom. The molecule has 0 spiro atoms. The summed E-state index contributed by atoms with van der Waals surface area (Å²) >= 11 is 13.3. The molecule has 0 aliphatic heterocycles. The van der Waals surface area contributed by atoms with E-state index in [2.05, 4.69) is 15.5 Å². The average molecular weight is 407 g/mol. The van der Waals surface area contributed by atoms with Crippen LogP contribution in [0.2, 0.25) is 10.0 Å². The fraction of sp³-hybridized carbons (Fsp3) is 0.167. The number of anilines is 1. The van der Waals surface area contributed by atoms with E-state index in [0.717, 1.165) is 11.4 Å². The van der Waals surface area contributed by atoms with Gasteiger partial charge in [-0.15, -0.1) is 10.2 Å². The Hall–Kier alpha value is -2.02. The van der Waals surface area contributed by atoms with Crippen LogP contribution in [0.1, 0.15) is 6.92 Å². The molecule has 1 N–H and O–H groups in total. The predicted molar refractivity (Wildman–Crippen MR) is 107 cm³/mol. The second-order valence-electron chi connectivity index (χ2n) is 5.64. The van der Waals surface area contributed by atoms with Crippen LogP contribution in [0, 0.1) is 0 Å². The third kappa shape index (κ3) is 4.38. The highest BCUT2D eigenvalue weighted by atomic mass is 35.5. The summed E-state index contributed by atoms with van der Waals surface area (Å²) in [6.45, 7) is 1.81. The highest BCUT2D eigenvalue weighted by Gasteiger charge is 2.19. The molecule has 1 aromatic heterocycles. The van der Waals surface area contributed by atoms with Crippen molar-refractivity contribution in [3.8, 4) is 11.4 Å². The van der Waals surface area contributed by atoms with Gasteiger partial charge in [0, 0.05) is 28.3 Å². The molecule has 2 aromatic carbocycles. The maximum Gasteiger partial charge on any atom is 0.237 e. The van der Waals surface area contributed by atoms with Crippen LogP contribution in [0.3, 0.4) is 0 Å². The van der Waals surface area contributed by atoms with Gasteiger partial charge in [0.1, 0.15) is 0 Å². The molecule has 1 heterocycles. The Balaban J connectivity index is 1.71. The number of hydrogen-bond donors (Lipinski definition) is 1. The quantitative estimate of drug-likeness (QED) is 0.611. The SMILES string of the molecule is C[C@@H](Sc1nnc(-c2ccccc2)n1C)C(=O)Nc1cc(Cl)cc(Cl)c1. The van der Waals surface area contributed by atoms with E-state index in [0.29, 0.717) is 20.9 Å². The molecule has 1 amide bonds. The van der Waals surface area contributed by atoms with Crippen LogP contribution in [0.15, 0.2) is 53.7 Å². The average Bonchev–Trinajstić information content (AvgIpc) is 2.95. The number of aromatic nitrogens is 3.